The number of aliphatic hydroxyl groups is 1. The monoisotopic (exact) mass is 128 g/mol. The van der Waals surface area contributed by atoms with E-state index < -0.39 is 5.72 Å². The molecule has 0 bridgehead atoms. The molecule has 1 aliphatic heterocycles. The van der Waals surface area contributed by atoms with Gasteiger partial charge in [0.05, 0.1) is 0 Å². The predicted octanol–water partition coefficient (Wildman–Crippen LogP) is 0.0487. The molecular weight excluding hydrogens is 116 g/mol. The number of hydrogen-bond acceptors (Lipinski definition) is 3. The smallest absolute Gasteiger partial charge is 0.152 e. The first-order valence-corrected chi connectivity index (χ1v) is 2.94. The minimum atomic E-state index is -0.839. The van der Waals surface area contributed by atoms with Crippen molar-refractivity contribution in [2.24, 2.45) is 0 Å². The van der Waals surface area contributed by atoms with Crippen LogP contribution in [0.15, 0.2) is 11.8 Å². The van der Waals surface area contributed by atoms with E-state index in [1.54, 1.807) is 11.9 Å². The normalized spacial score (nSPS) is 35.1. The second-order valence-electron chi connectivity index (χ2n) is 2.61. The molecule has 0 saturated heterocycles. The first-order valence-electron chi connectivity index (χ1n) is 2.94. The maximum atomic E-state index is 9.41. The van der Waals surface area contributed by atoms with E-state index in [1.165, 1.54) is 0 Å². The van der Waals surface area contributed by atoms with Gasteiger partial charge in [-0.2, -0.15) is 0 Å². The highest BCUT2D eigenvalue weighted by atomic mass is 16.3. The molecule has 0 saturated carbocycles. The summed E-state index contributed by atoms with van der Waals surface area (Å²) in [7, 11) is 1.85. The molecule has 2 N–H and O–H groups in total. The number of nitrogens with one attached hydrogen (secondary N) is 1. The third-order valence-electron chi connectivity index (χ3n) is 1.55. The highest BCUT2D eigenvalue weighted by Gasteiger charge is 2.28. The SMILES string of the molecule is CC1=CN(C)NC1(C)O. The summed E-state index contributed by atoms with van der Waals surface area (Å²) in [5.41, 5.74) is 2.94. The minimum absolute atomic E-state index is 0.839. The first-order chi connectivity index (χ1) is 4.02. The summed E-state index contributed by atoms with van der Waals surface area (Å²) in [6.07, 6.45) is 1.86. The van der Waals surface area contributed by atoms with Crippen LogP contribution in [0.25, 0.3) is 0 Å². The Kier molecular flexibility index (Phi) is 1.26. The highest BCUT2D eigenvalue weighted by molar-refractivity contribution is 5.14. The van der Waals surface area contributed by atoms with Crippen molar-refractivity contribution in [1.82, 2.24) is 10.4 Å². The topological polar surface area (TPSA) is 35.5 Å². The maximum Gasteiger partial charge on any atom is 0.152 e. The standard InChI is InChI=1S/C6H12N2O/c1-5-4-8(3)7-6(5,2)9/h4,7,9H,1-3H3. The lowest BCUT2D eigenvalue weighted by atomic mass is 10.1. The first kappa shape index (κ1) is 6.58. The number of hydrazine groups is 1. The summed E-state index contributed by atoms with van der Waals surface area (Å²) in [6.45, 7) is 3.61. The van der Waals surface area contributed by atoms with Crippen molar-refractivity contribution in [3.63, 3.8) is 0 Å². The second kappa shape index (κ2) is 1.72. The van der Waals surface area contributed by atoms with Crippen LogP contribution in [-0.2, 0) is 0 Å². The third-order valence-corrected chi connectivity index (χ3v) is 1.55. The van der Waals surface area contributed by atoms with Gasteiger partial charge in [-0.25, -0.2) is 5.43 Å². The summed E-state index contributed by atoms with van der Waals surface area (Å²) < 4.78 is 0. The van der Waals surface area contributed by atoms with Crippen LogP contribution in [0.3, 0.4) is 0 Å². The van der Waals surface area contributed by atoms with Crippen LogP contribution in [0.1, 0.15) is 13.8 Å². The lowest BCUT2D eigenvalue weighted by molar-refractivity contribution is 0.0299. The van der Waals surface area contributed by atoms with E-state index in [0.29, 0.717) is 0 Å². The van der Waals surface area contributed by atoms with Gasteiger partial charge in [-0.1, -0.05) is 0 Å². The summed E-state index contributed by atoms with van der Waals surface area (Å²) in [6, 6.07) is 0. The zero-order chi connectivity index (χ0) is 7.07. The molecule has 1 rings (SSSR count). The molecule has 0 amide bonds. The molecule has 0 radical (unpaired) electrons. The minimum Gasteiger partial charge on any atom is -0.370 e. The van der Waals surface area contributed by atoms with Gasteiger partial charge in [0.2, 0.25) is 0 Å². The largest absolute Gasteiger partial charge is 0.370 e. The molecule has 1 atom stereocenters. The van der Waals surface area contributed by atoms with E-state index in [2.05, 4.69) is 5.43 Å². The molecule has 1 heterocycles. The Morgan fingerprint density at radius 2 is 2.33 bits per heavy atom. The fourth-order valence-corrected chi connectivity index (χ4v) is 0.880. The Bertz CT molecular complexity index is 151. The third kappa shape index (κ3) is 1.06. The lowest BCUT2D eigenvalue weighted by Gasteiger charge is -2.20. The van der Waals surface area contributed by atoms with Gasteiger partial charge >= 0.3 is 0 Å². The lowest BCUT2D eigenvalue weighted by Crippen LogP contribution is -2.43. The van der Waals surface area contributed by atoms with E-state index in [4.69, 9.17) is 0 Å². The fraction of sp³-hybridized carbons (Fsp3) is 0.667. The van der Waals surface area contributed by atoms with Crippen molar-refractivity contribution in [3.05, 3.63) is 11.8 Å². The Labute approximate surface area is 54.9 Å². The quantitative estimate of drug-likeness (QED) is 0.484. The Morgan fingerprint density at radius 3 is 2.44 bits per heavy atom. The van der Waals surface area contributed by atoms with Crippen molar-refractivity contribution in [2.75, 3.05) is 7.05 Å². The van der Waals surface area contributed by atoms with Gasteiger partial charge in [-0.05, 0) is 19.4 Å². The second-order valence-corrected chi connectivity index (χ2v) is 2.61. The Balaban J connectivity index is 2.76. The van der Waals surface area contributed by atoms with Crippen LogP contribution in [0.5, 0.6) is 0 Å². The predicted molar refractivity (Wildman–Crippen MR) is 35.3 cm³/mol. The van der Waals surface area contributed by atoms with Gasteiger partial charge in [-0.3, -0.25) is 0 Å². The fourth-order valence-electron chi connectivity index (χ4n) is 0.880. The van der Waals surface area contributed by atoms with Gasteiger partial charge in [0.25, 0.3) is 0 Å². The van der Waals surface area contributed by atoms with Crippen LogP contribution in [0, 0.1) is 0 Å². The van der Waals surface area contributed by atoms with E-state index in [0.717, 1.165) is 5.57 Å². The Morgan fingerprint density at radius 1 is 1.78 bits per heavy atom. The van der Waals surface area contributed by atoms with Gasteiger partial charge in [0.1, 0.15) is 0 Å². The average molecular weight is 128 g/mol. The molecule has 0 fully saturated rings. The summed E-state index contributed by atoms with van der Waals surface area (Å²) in [4.78, 5) is 0. The summed E-state index contributed by atoms with van der Waals surface area (Å²) >= 11 is 0. The van der Waals surface area contributed by atoms with Gasteiger partial charge < -0.3 is 10.1 Å². The van der Waals surface area contributed by atoms with E-state index in [9.17, 15) is 5.11 Å². The molecular formula is C6H12N2O. The van der Waals surface area contributed by atoms with Crippen LogP contribution in [0.2, 0.25) is 0 Å². The van der Waals surface area contributed by atoms with Crippen LogP contribution in [0.4, 0.5) is 0 Å². The molecule has 0 aromatic heterocycles. The molecule has 0 aromatic carbocycles. The molecule has 0 spiro atoms. The van der Waals surface area contributed by atoms with Gasteiger partial charge in [-0.15, -0.1) is 0 Å². The average Bonchev–Trinajstić information content (AvgIpc) is 1.79. The number of nitrogens with zero attached hydrogens (tertiary/aromatic N) is 1. The summed E-state index contributed by atoms with van der Waals surface area (Å²) in [5, 5.41) is 11.2. The van der Waals surface area contributed by atoms with E-state index in [-0.39, 0.29) is 0 Å². The molecule has 0 aliphatic carbocycles. The van der Waals surface area contributed by atoms with Crippen molar-refractivity contribution in [1.29, 1.82) is 0 Å². The molecule has 1 unspecified atom stereocenters. The highest BCUT2D eigenvalue weighted by Crippen LogP contribution is 2.18. The van der Waals surface area contributed by atoms with Crippen LogP contribution < -0.4 is 5.43 Å². The molecule has 3 nitrogen and oxygen atoms in total. The van der Waals surface area contributed by atoms with Crippen LogP contribution >= 0.6 is 0 Å². The van der Waals surface area contributed by atoms with Gasteiger partial charge in [0.15, 0.2) is 5.72 Å². The zero-order valence-corrected chi connectivity index (χ0v) is 5.97. The van der Waals surface area contributed by atoms with E-state index >= 15 is 0 Å². The van der Waals surface area contributed by atoms with Crippen molar-refractivity contribution >= 4 is 0 Å². The van der Waals surface area contributed by atoms with Crippen molar-refractivity contribution in [3.8, 4) is 0 Å². The van der Waals surface area contributed by atoms with Crippen LogP contribution in [-0.4, -0.2) is 22.9 Å². The van der Waals surface area contributed by atoms with Gasteiger partial charge in [0, 0.05) is 13.2 Å². The molecule has 3 heteroatoms. The maximum absolute atomic E-state index is 9.41. The molecule has 1 aliphatic rings. The van der Waals surface area contributed by atoms with Crippen molar-refractivity contribution in [2.45, 2.75) is 19.6 Å². The van der Waals surface area contributed by atoms with Crippen molar-refractivity contribution < 1.29 is 5.11 Å². The molecule has 52 valence electrons. The number of rotatable bonds is 0. The summed E-state index contributed by atoms with van der Waals surface area (Å²) in [5.74, 6) is 0. The zero-order valence-electron chi connectivity index (χ0n) is 5.97. The molecule has 0 aromatic rings. The van der Waals surface area contributed by atoms with E-state index in [1.807, 2.05) is 20.2 Å². The molecule has 9 heavy (non-hydrogen) atoms. The number of hydrogen-bond donors (Lipinski definition) is 2. The Hall–Kier alpha value is -0.540.